The highest BCUT2D eigenvalue weighted by molar-refractivity contribution is 6.23. The molecule has 0 aliphatic heterocycles. The highest BCUT2D eigenvalue weighted by atomic mass is 15.1. The number of rotatable bonds is 8. The summed E-state index contributed by atoms with van der Waals surface area (Å²) < 4.78 is 0. The van der Waals surface area contributed by atoms with Crippen molar-refractivity contribution in [2.45, 2.75) is 0 Å². The Morgan fingerprint density at radius 3 is 0.868 bits per heavy atom. The average molecular weight is 865 g/mol. The maximum atomic E-state index is 2.44. The van der Waals surface area contributed by atoms with Crippen LogP contribution in [-0.4, -0.2) is 0 Å². The zero-order valence-electron chi connectivity index (χ0n) is 37.3. The van der Waals surface area contributed by atoms with Crippen molar-refractivity contribution < 1.29 is 0 Å². The molecule has 0 atom stereocenters. The Labute approximate surface area is 395 Å². The first-order chi connectivity index (χ1) is 33.7. The Kier molecular flexibility index (Phi) is 9.54. The van der Waals surface area contributed by atoms with Crippen LogP contribution in [0.1, 0.15) is 0 Å². The van der Waals surface area contributed by atoms with Crippen molar-refractivity contribution in [3.8, 4) is 22.3 Å². The van der Waals surface area contributed by atoms with Gasteiger partial charge in [0.05, 0.1) is 0 Å². The molecule has 0 saturated heterocycles. The Hall–Kier alpha value is -8.98. The van der Waals surface area contributed by atoms with E-state index in [9.17, 15) is 0 Å². The van der Waals surface area contributed by atoms with Crippen molar-refractivity contribution in [2.24, 2.45) is 0 Å². The van der Waals surface area contributed by atoms with E-state index in [4.69, 9.17) is 0 Å². The summed E-state index contributed by atoms with van der Waals surface area (Å²) in [7, 11) is 0. The summed E-state index contributed by atoms with van der Waals surface area (Å²) in [6.07, 6.45) is 0. The SMILES string of the molecule is c1ccc(N(c2ccc3ccccc3c2)c2ccc3c(-c4ccc5ccccc5c4)c4ccc(N(c5ccccc5)c5ccc6ccccc6c5)cc4c(-c4ccc5ccccc5c4)c3c2)cc1. The molecule has 0 spiro atoms. The van der Waals surface area contributed by atoms with Crippen molar-refractivity contribution in [1.82, 2.24) is 0 Å². The first kappa shape index (κ1) is 39.4. The Balaban J connectivity index is 1.15. The lowest BCUT2D eigenvalue weighted by Crippen LogP contribution is -2.10. The second kappa shape index (κ2) is 16.5. The van der Waals surface area contributed by atoms with E-state index in [1.807, 2.05) is 0 Å². The first-order valence-electron chi connectivity index (χ1n) is 23.4. The molecule has 13 rings (SSSR count). The van der Waals surface area contributed by atoms with Gasteiger partial charge in [-0.05, 0) is 172 Å². The van der Waals surface area contributed by atoms with E-state index in [-0.39, 0.29) is 0 Å². The molecule has 13 aromatic carbocycles. The topological polar surface area (TPSA) is 6.48 Å². The van der Waals surface area contributed by atoms with E-state index in [0.29, 0.717) is 0 Å². The van der Waals surface area contributed by atoms with Gasteiger partial charge in [-0.1, -0.05) is 182 Å². The van der Waals surface area contributed by atoms with Gasteiger partial charge in [0.2, 0.25) is 0 Å². The molecule has 0 fully saturated rings. The number of benzene rings is 13. The van der Waals surface area contributed by atoms with Crippen molar-refractivity contribution >= 4 is 98.8 Å². The molecule has 13 aromatic rings. The lowest BCUT2D eigenvalue weighted by molar-refractivity contribution is 1.29. The molecule has 0 aliphatic rings. The summed E-state index contributed by atoms with van der Waals surface area (Å²) in [5.74, 6) is 0. The minimum atomic E-state index is 1.09. The van der Waals surface area contributed by atoms with Crippen LogP contribution in [0.2, 0.25) is 0 Å². The van der Waals surface area contributed by atoms with Crippen LogP contribution in [0.5, 0.6) is 0 Å². The standard InChI is InChI=1S/C66H44N2/c1-3-23-55(24-4-1)67(57-33-31-47-17-9-13-21-51(47)41-57)59-35-37-61-63(43-59)66(54-30-28-46-16-8-12-20-50(46)40-54)64-44-60(36-38-62(64)65(61)53-29-27-45-15-7-11-19-49(45)39-53)68(56-25-5-2-6-26-56)58-34-32-48-18-10-14-22-52(48)42-58/h1-44H. The van der Waals surface area contributed by atoms with E-state index < -0.39 is 0 Å². The number of hydrogen-bond donors (Lipinski definition) is 0. The molecule has 0 N–H and O–H groups in total. The first-order valence-corrected chi connectivity index (χ1v) is 23.4. The summed E-state index contributed by atoms with van der Waals surface area (Å²) in [5.41, 5.74) is 11.4. The zero-order chi connectivity index (χ0) is 45.0. The normalized spacial score (nSPS) is 11.5. The number of hydrogen-bond acceptors (Lipinski definition) is 2. The largest absolute Gasteiger partial charge is 0.310 e. The molecule has 2 nitrogen and oxygen atoms in total. The molecule has 0 bridgehead atoms. The average Bonchev–Trinajstić information content (AvgIpc) is 3.40. The van der Waals surface area contributed by atoms with E-state index in [2.05, 4.69) is 277 Å². The van der Waals surface area contributed by atoms with Gasteiger partial charge in [-0.3, -0.25) is 0 Å². The van der Waals surface area contributed by atoms with E-state index in [1.165, 1.54) is 86.9 Å². The fourth-order valence-electron chi connectivity index (χ4n) is 10.5. The van der Waals surface area contributed by atoms with Crippen molar-refractivity contribution in [1.29, 1.82) is 0 Å². The summed E-state index contributed by atoms with van der Waals surface area (Å²) in [6, 6.07) is 98.0. The molecule has 2 heteroatoms. The number of nitrogens with zero attached hydrogens (tertiary/aromatic N) is 2. The van der Waals surface area contributed by atoms with Crippen LogP contribution < -0.4 is 9.80 Å². The third-order valence-electron chi connectivity index (χ3n) is 13.7. The predicted octanol–water partition coefficient (Wildman–Crippen LogP) is 18.9. The van der Waals surface area contributed by atoms with Crippen molar-refractivity contribution in [3.63, 3.8) is 0 Å². The van der Waals surface area contributed by atoms with Gasteiger partial charge >= 0.3 is 0 Å². The smallest absolute Gasteiger partial charge is 0.0468 e. The van der Waals surface area contributed by atoms with Crippen LogP contribution in [0.15, 0.2) is 267 Å². The van der Waals surface area contributed by atoms with Crippen LogP contribution in [0.3, 0.4) is 0 Å². The van der Waals surface area contributed by atoms with Gasteiger partial charge < -0.3 is 9.80 Å². The molecule has 0 radical (unpaired) electrons. The predicted molar refractivity (Wildman–Crippen MR) is 292 cm³/mol. The van der Waals surface area contributed by atoms with Crippen molar-refractivity contribution in [2.75, 3.05) is 9.80 Å². The minimum absolute atomic E-state index is 1.09. The summed E-state index contributed by atoms with van der Waals surface area (Å²) in [4.78, 5) is 4.81. The minimum Gasteiger partial charge on any atom is -0.310 e. The highest BCUT2D eigenvalue weighted by Crippen LogP contribution is 2.49. The molecule has 0 aliphatic carbocycles. The Bertz CT molecular complexity index is 3860. The molecular weight excluding hydrogens is 821 g/mol. The third kappa shape index (κ3) is 6.90. The monoisotopic (exact) mass is 864 g/mol. The zero-order valence-corrected chi connectivity index (χ0v) is 37.3. The maximum absolute atomic E-state index is 2.44. The second-order valence-electron chi connectivity index (χ2n) is 17.7. The van der Waals surface area contributed by atoms with Gasteiger partial charge in [-0.15, -0.1) is 0 Å². The lowest BCUT2D eigenvalue weighted by atomic mass is 9.84. The molecule has 0 unspecified atom stereocenters. The number of fused-ring (bicyclic) bond motifs is 6. The molecule has 0 aromatic heterocycles. The van der Waals surface area contributed by atoms with Gasteiger partial charge in [0.1, 0.15) is 0 Å². The van der Waals surface area contributed by atoms with Gasteiger partial charge in [0, 0.05) is 34.1 Å². The van der Waals surface area contributed by atoms with E-state index in [1.54, 1.807) is 0 Å². The molecule has 0 heterocycles. The van der Waals surface area contributed by atoms with Gasteiger partial charge in [0.25, 0.3) is 0 Å². The molecular formula is C66H44N2. The second-order valence-corrected chi connectivity index (χ2v) is 17.7. The molecule has 68 heavy (non-hydrogen) atoms. The summed E-state index contributed by atoms with van der Waals surface area (Å²) in [6.45, 7) is 0. The molecule has 318 valence electrons. The summed E-state index contributed by atoms with van der Waals surface area (Å²) in [5, 5.41) is 14.5. The van der Waals surface area contributed by atoms with Crippen molar-refractivity contribution in [3.05, 3.63) is 267 Å². The fourth-order valence-corrected chi connectivity index (χ4v) is 10.5. The highest BCUT2D eigenvalue weighted by Gasteiger charge is 2.23. The number of anilines is 6. The Morgan fingerprint density at radius 1 is 0.176 bits per heavy atom. The number of para-hydroxylation sites is 2. The Morgan fingerprint density at radius 2 is 0.471 bits per heavy atom. The fraction of sp³-hybridized carbons (Fsp3) is 0. The molecule has 0 amide bonds. The van der Waals surface area contributed by atoms with Gasteiger partial charge in [-0.2, -0.15) is 0 Å². The van der Waals surface area contributed by atoms with Gasteiger partial charge in [0.15, 0.2) is 0 Å². The van der Waals surface area contributed by atoms with E-state index >= 15 is 0 Å². The van der Waals surface area contributed by atoms with Crippen LogP contribution >= 0.6 is 0 Å². The van der Waals surface area contributed by atoms with Crippen LogP contribution in [0.25, 0.3) is 86.9 Å². The van der Waals surface area contributed by atoms with E-state index in [0.717, 1.165) is 34.1 Å². The lowest BCUT2D eigenvalue weighted by Gasteiger charge is -2.28. The van der Waals surface area contributed by atoms with Crippen LogP contribution in [-0.2, 0) is 0 Å². The van der Waals surface area contributed by atoms with Gasteiger partial charge in [-0.25, -0.2) is 0 Å². The molecule has 0 saturated carbocycles. The third-order valence-corrected chi connectivity index (χ3v) is 13.7. The van der Waals surface area contributed by atoms with Crippen LogP contribution in [0.4, 0.5) is 34.1 Å². The van der Waals surface area contributed by atoms with Crippen LogP contribution in [0, 0.1) is 0 Å². The quantitative estimate of drug-likeness (QED) is 0.140. The summed E-state index contributed by atoms with van der Waals surface area (Å²) >= 11 is 0. The maximum Gasteiger partial charge on any atom is 0.0468 e.